The van der Waals surface area contributed by atoms with Crippen LogP contribution < -0.4 is 5.32 Å². The SMILES string of the molecule is CC/C(C)=C(C)\C(N=CC(C)CC)=C(/N=C(C)c1cccc(F)c1)NCc1ccccc1. The first kappa shape index (κ1) is 25.3. The van der Waals surface area contributed by atoms with Gasteiger partial charge in [0.1, 0.15) is 11.5 Å². The van der Waals surface area contributed by atoms with Crippen molar-refractivity contribution in [2.24, 2.45) is 15.9 Å². The van der Waals surface area contributed by atoms with E-state index in [4.69, 9.17) is 9.98 Å². The molecular formula is C28H36FN3. The Balaban J connectivity index is 2.62. The lowest BCUT2D eigenvalue weighted by Gasteiger charge is -2.15. The Morgan fingerprint density at radius 3 is 2.38 bits per heavy atom. The minimum Gasteiger partial charge on any atom is -0.364 e. The van der Waals surface area contributed by atoms with Gasteiger partial charge in [0.05, 0.1) is 0 Å². The third-order valence-corrected chi connectivity index (χ3v) is 5.68. The Kier molecular flexibility index (Phi) is 10.1. The molecule has 0 bridgehead atoms. The lowest BCUT2D eigenvalue weighted by molar-refractivity contribution is 0.627. The van der Waals surface area contributed by atoms with Gasteiger partial charge in [-0.25, -0.2) is 9.38 Å². The minimum atomic E-state index is -0.271. The van der Waals surface area contributed by atoms with E-state index in [1.807, 2.05) is 37.4 Å². The third-order valence-electron chi connectivity index (χ3n) is 5.68. The van der Waals surface area contributed by atoms with Gasteiger partial charge in [-0.2, -0.15) is 0 Å². The van der Waals surface area contributed by atoms with E-state index in [9.17, 15) is 4.39 Å². The Morgan fingerprint density at radius 2 is 1.75 bits per heavy atom. The second kappa shape index (κ2) is 12.7. The molecule has 1 unspecified atom stereocenters. The lowest BCUT2D eigenvalue weighted by atomic mass is 10.1. The van der Waals surface area contributed by atoms with Crippen LogP contribution >= 0.6 is 0 Å². The summed E-state index contributed by atoms with van der Waals surface area (Å²) in [7, 11) is 0. The molecule has 0 saturated heterocycles. The molecule has 0 aliphatic rings. The van der Waals surface area contributed by atoms with Crippen LogP contribution in [0.5, 0.6) is 0 Å². The van der Waals surface area contributed by atoms with Crippen LogP contribution in [0.25, 0.3) is 0 Å². The molecule has 0 saturated carbocycles. The van der Waals surface area contributed by atoms with Gasteiger partial charge in [-0.3, -0.25) is 4.99 Å². The van der Waals surface area contributed by atoms with E-state index in [1.165, 1.54) is 17.7 Å². The van der Waals surface area contributed by atoms with Crippen LogP contribution in [0.2, 0.25) is 0 Å². The maximum Gasteiger partial charge on any atom is 0.152 e. The largest absolute Gasteiger partial charge is 0.364 e. The minimum absolute atomic E-state index is 0.271. The summed E-state index contributed by atoms with van der Waals surface area (Å²) >= 11 is 0. The standard InChI is InChI=1S/C28H36FN3/c1-7-20(3)18-30-27(22(5)21(4)8-2)28(31-19-24-13-10-9-11-14-24)32-23(6)25-15-12-16-26(29)17-25/h9-18,20,31H,7-8,19H2,1-6H3/b22-21-,28-27+,30-18?,32-23?. The summed E-state index contributed by atoms with van der Waals surface area (Å²) in [6, 6.07) is 16.7. The summed E-state index contributed by atoms with van der Waals surface area (Å²) in [5.41, 5.74) is 5.85. The zero-order valence-electron chi connectivity index (χ0n) is 20.2. The number of rotatable bonds is 10. The monoisotopic (exact) mass is 433 g/mol. The van der Waals surface area contributed by atoms with Crippen molar-refractivity contribution < 1.29 is 4.39 Å². The van der Waals surface area contributed by atoms with Gasteiger partial charge in [0.25, 0.3) is 0 Å². The van der Waals surface area contributed by atoms with E-state index in [0.717, 1.165) is 41.0 Å². The summed E-state index contributed by atoms with van der Waals surface area (Å²) in [5.74, 6) is 0.789. The number of hydrogen-bond acceptors (Lipinski definition) is 3. The molecule has 0 aliphatic carbocycles. The third kappa shape index (κ3) is 7.60. The molecule has 170 valence electrons. The molecule has 0 aliphatic heterocycles. The molecule has 0 spiro atoms. The highest BCUT2D eigenvalue weighted by molar-refractivity contribution is 5.99. The quantitative estimate of drug-likeness (QED) is 0.306. The van der Waals surface area contributed by atoms with Crippen molar-refractivity contribution in [3.05, 3.63) is 94.2 Å². The molecular weight excluding hydrogens is 397 g/mol. The van der Waals surface area contributed by atoms with Crippen LogP contribution in [-0.2, 0) is 6.54 Å². The molecule has 0 amide bonds. The highest BCUT2D eigenvalue weighted by atomic mass is 19.1. The van der Waals surface area contributed by atoms with E-state index in [1.54, 1.807) is 6.07 Å². The average Bonchev–Trinajstić information content (AvgIpc) is 2.81. The Hall–Kier alpha value is -3.01. The number of halogens is 1. The molecule has 32 heavy (non-hydrogen) atoms. The van der Waals surface area contributed by atoms with Gasteiger partial charge in [-0.1, -0.05) is 68.8 Å². The highest BCUT2D eigenvalue weighted by Crippen LogP contribution is 2.23. The van der Waals surface area contributed by atoms with Crippen LogP contribution in [0.15, 0.2) is 87.2 Å². The Bertz CT molecular complexity index is 1000. The van der Waals surface area contributed by atoms with Crippen molar-refractivity contribution in [3.63, 3.8) is 0 Å². The molecule has 1 N–H and O–H groups in total. The normalized spacial score (nSPS) is 14.8. The van der Waals surface area contributed by atoms with Crippen molar-refractivity contribution in [1.82, 2.24) is 5.32 Å². The fourth-order valence-corrected chi connectivity index (χ4v) is 3.01. The number of aliphatic imine (C=N–C) groups is 2. The number of allylic oxidation sites excluding steroid dienone is 2. The van der Waals surface area contributed by atoms with Crippen LogP contribution in [0.4, 0.5) is 4.39 Å². The first-order valence-electron chi connectivity index (χ1n) is 11.4. The van der Waals surface area contributed by atoms with Crippen LogP contribution in [0, 0.1) is 11.7 Å². The number of nitrogens with one attached hydrogen (secondary N) is 1. The van der Waals surface area contributed by atoms with E-state index in [-0.39, 0.29) is 5.82 Å². The van der Waals surface area contributed by atoms with Gasteiger partial charge < -0.3 is 5.32 Å². The molecule has 2 aromatic carbocycles. The van der Waals surface area contributed by atoms with Crippen molar-refractivity contribution in [2.75, 3.05) is 0 Å². The van der Waals surface area contributed by atoms with Gasteiger partial charge >= 0.3 is 0 Å². The van der Waals surface area contributed by atoms with Crippen molar-refractivity contribution in [3.8, 4) is 0 Å². The maximum atomic E-state index is 13.8. The average molecular weight is 434 g/mol. The summed E-state index contributed by atoms with van der Waals surface area (Å²) in [4.78, 5) is 9.81. The first-order valence-corrected chi connectivity index (χ1v) is 11.4. The predicted molar refractivity (Wildman–Crippen MR) is 136 cm³/mol. The van der Waals surface area contributed by atoms with Crippen molar-refractivity contribution >= 4 is 11.9 Å². The molecule has 0 aromatic heterocycles. The Morgan fingerprint density at radius 1 is 1.03 bits per heavy atom. The highest BCUT2D eigenvalue weighted by Gasteiger charge is 2.12. The van der Waals surface area contributed by atoms with Crippen LogP contribution in [0.3, 0.4) is 0 Å². The molecule has 1 atom stereocenters. The molecule has 0 fully saturated rings. The molecule has 4 heteroatoms. The van der Waals surface area contributed by atoms with E-state index >= 15 is 0 Å². The number of nitrogens with zero attached hydrogens (tertiary/aromatic N) is 2. The smallest absolute Gasteiger partial charge is 0.152 e. The van der Waals surface area contributed by atoms with Gasteiger partial charge in [-0.15, -0.1) is 0 Å². The van der Waals surface area contributed by atoms with E-state index < -0.39 is 0 Å². The van der Waals surface area contributed by atoms with Gasteiger partial charge in [0, 0.05) is 18.5 Å². The summed E-state index contributed by atoms with van der Waals surface area (Å²) < 4.78 is 13.8. The van der Waals surface area contributed by atoms with Crippen molar-refractivity contribution in [1.29, 1.82) is 0 Å². The van der Waals surface area contributed by atoms with E-state index in [0.29, 0.717) is 18.3 Å². The van der Waals surface area contributed by atoms with E-state index in [2.05, 4.69) is 52.1 Å². The lowest BCUT2D eigenvalue weighted by Crippen LogP contribution is -2.16. The molecule has 0 heterocycles. The maximum absolute atomic E-state index is 13.8. The molecule has 2 aromatic rings. The van der Waals surface area contributed by atoms with Gasteiger partial charge in [0.2, 0.25) is 0 Å². The second-order valence-electron chi connectivity index (χ2n) is 8.17. The van der Waals surface area contributed by atoms with Crippen molar-refractivity contribution in [2.45, 2.75) is 60.9 Å². The second-order valence-corrected chi connectivity index (χ2v) is 8.17. The van der Waals surface area contributed by atoms with Gasteiger partial charge in [0.15, 0.2) is 5.82 Å². The fraction of sp³-hybridized carbons (Fsp3) is 0.357. The molecule has 2 rings (SSSR count). The fourth-order valence-electron chi connectivity index (χ4n) is 3.01. The first-order chi connectivity index (χ1) is 15.3. The number of hydrogen-bond donors (Lipinski definition) is 1. The summed E-state index contributed by atoms with van der Waals surface area (Å²) in [6.45, 7) is 13.2. The number of benzene rings is 2. The summed E-state index contributed by atoms with van der Waals surface area (Å²) in [6.07, 6.45) is 3.95. The summed E-state index contributed by atoms with van der Waals surface area (Å²) in [5, 5.41) is 3.50. The molecule has 0 radical (unpaired) electrons. The zero-order valence-corrected chi connectivity index (χ0v) is 20.2. The van der Waals surface area contributed by atoms with Crippen LogP contribution in [-0.4, -0.2) is 11.9 Å². The predicted octanol–water partition coefficient (Wildman–Crippen LogP) is 7.46. The van der Waals surface area contributed by atoms with Crippen LogP contribution in [0.1, 0.15) is 65.5 Å². The molecule has 3 nitrogen and oxygen atoms in total. The topological polar surface area (TPSA) is 36.8 Å². The Labute approximate surface area is 192 Å². The zero-order chi connectivity index (χ0) is 23.5. The van der Waals surface area contributed by atoms with Gasteiger partial charge in [-0.05, 0) is 68.4 Å².